The van der Waals surface area contributed by atoms with Crippen LogP contribution in [-0.2, 0) is 9.84 Å². The number of nitrogens with zero attached hydrogens (tertiary/aromatic N) is 10. The number of ether oxygens (including phenoxy) is 6. The summed E-state index contributed by atoms with van der Waals surface area (Å²) in [7, 11) is 4.63. The molecule has 3 aliphatic rings. The number of likely N-dealkylation sites (N-methyl/N-ethyl adjacent to an activating group) is 2. The lowest BCUT2D eigenvalue weighted by atomic mass is 10.2. The number of benzene rings is 4. The van der Waals surface area contributed by atoms with Gasteiger partial charge in [0.2, 0.25) is 36.9 Å². The zero-order chi connectivity index (χ0) is 52.5. The molecule has 0 unspecified atom stereocenters. The molecule has 0 saturated heterocycles. The first-order chi connectivity index (χ1) is 35.5. The Balaban J connectivity index is 0.000000155. The van der Waals surface area contributed by atoms with Crippen molar-refractivity contribution in [2.75, 3.05) is 101 Å². The predicted molar refractivity (Wildman–Crippen MR) is 286 cm³/mol. The van der Waals surface area contributed by atoms with Gasteiger partial charge in [0, 0.05) is 56.7 Å². The zero-order valence-corrected chi connectivity index (χ0v) is 44.8. The molecule has 26 heteroatoms. The standard InChI is InChI=1S/C22H24ClN5O4S.C15H16Cl2N4O2.C11H7Cl2N3O2/c1-27(2)11-12-28(20-17(23)7-8-18-21(20)32-14-31-18)19-9-10-24-22(26-19)25-15-5-4-6-16(13-15)33(3,29)30;1-20(2)7-8-21(12-5-6-18-15(17)19-12)13-10(16)3-4-11-14(13)23-9-22-11;12-6-1-2-7-10(18-5-17-7)9(6)15-8-3-4-14-11(13)16-8/h4-10,13H,11-12,14H2,1-3H3,(H,24,25,26);3-6H,7-9H2,1-2H3;1-4H,5H2,(H,14,15,16). The van der Waals surface area contributed by atoms with Crippen LogP contribution in [-0.4, -0.2) is 129 Å². The molecule has 3 aromatic heterocycles. The number of anilines is 8. The van der Waals surface area contributed by atoms with E-state index in [0.717, 1.165) is 18.8 Å². The third kappa shape index (κ3) is 13.4. The van der Waals surface area contributed by atoms with E-state index in [1.54, 1.807) is 97.5 Å². The van der Waals surface area contributed by atoms with Crippen LogP contribution in [0.2, 0.25) is 25.6 Å². The molecule has 0 amide bonds. The van der Waals surface area contributed by atoms with Crippen molar-refractivity contribution in [1.29, 1.82) is 0 Å². The van der Waals surface area contributed by atoms with Crippen LogP contribution >= 0.6 is 58.0 Å². The molecule has 3 aliphatic heterocycles. The molecule has 0 atom stereocenters. The minimum absolute atomic E-state index is 0.122. The maximum Gasteiger partial charge on any atom is 0.231 e. The molecule has 0 fully saturated rings. The van der Waals surface area contributed by atoms with Crippen LogP contribution in [0.15, 0.2) is 102 Å². The summed E-state index contributed by atoms with van der Waals surface area (Å²) >= 11 is 30.8. The topological polar surface area (TPSA) is 204 Å². The van der Waals surface area contributed by atoms with E-state index in [2.05, 4.69) is 50.3 Å². The monoisotopic (exact) mass is 1130 g/mol. The van der Waals surface area contributed by atoms with Crippen molar-refractivity contribution in [2.45, 2.75) is 4.90 Å². The molecule has 0 saturated carbocycles. The molecule has 0 bridgehead atoms. The fraction of sp³-hybridized carbons (Fsp3) is 0.250. The zero-order valence-electron chi connectivity index (χ0n) is 40.2. The van der Waals surface area contributed by atoms with E-state index in [1.807, 2.05) is 38.0 Å². The molecule has 7 aromatic rings. The fourth-order valence-corrected chi connectivity index (χ4v) is 8.87. The SMILES string of the molecule is CN(C)CCN(c1ccnc(Cl)n1)c1c(Cl)ccc2c1OCO2.CN(C)CCN(c1ccnc(Nc2cccc(S(C)(=O)=O)c2)n1)c1c(Cl)ccc2c1OCO2.Clc1nccc(Nc2c(Cl)ccc3c2OCO3)n1. The van der Waals surface area contributed by atoms with Gasteiger partial charge in [0.1, 0.15) is 34.5 Å². The van der Waals surface area contributed by atoms with Gasteiger partial charge in [-0.15, -0.1) is 0 Å². The van der Waals surface area contributed by atoms with Crippen molar-refractivity contribution in [1.82, 2.24) is 39.7 Å². The van der Waals surface area contributed by atoms with Crippen molar-refractivity contribution >= 4 is 114 Å². The molecule has 74 heavy (non-hydrogen) atoms. The Morgan fingerprint density at radius 1 is 0.541 bits per heavy atom. The predicted octanol–water partition coefficient (Wildman–Crippen LogP) is 10.2. The van der Waals surface area contributed by atoms with Gasteiger partial charge in [0.15, 0.2) is 44.3 Å². The Hall–Kier alpha value is -6.56. The molecule has 6 heterocycles. The summed E-state index contributed by atoms with van der Waals surface area (Å²) in [5.41, 5.74) is 2.54. The van der Waals surface area contributed by atoms with Gasteiger partial charge in [-0.05, 0) is 124 Å². The summed E-state index contributed by atoms with van der Waals surface area (Å²) in [5.74, 6) is 5.76. The normalized spacial score (nSPS) is 12.7. The fourth-order valence-electron chi connectivity index (χ4n) is 7.22. The second-order valence-electron chi connectivity index (χ2n) is 16.5. The molecule has 0 spiro atoms. The second-order valence-corrected chi connectivity index (χ2v) is 20.4. The highest BCUT2D eigenvalue weighted by molar-refractivity contribution is 7.90. The van der Waals surface area contributed by atoms with Crippen LogP contribution in [0.25, 0.3) is 0 Å². The van der Waals surface area contributed by atoms with Gasteiger partial charge in [0.25, 0.3) is 0 Å². The van der Waals surface area contributed by atoms with E-state index in [1.165, 1.54) is 6.26 Å². The van der Waals surface area contributed by atoms with Crippen molar-refractivity contribution in [3.63, 3.8) is 0 Å². The van der Waals surface area contributed by atoms with E-state index in [0.29, 0.717) is 103 Å². The number of nitrogens with one attached hydrogen (secondary N) is 2. The quantitative estimate of drug-likeness (QED) is 0.0917. The number of halogens is 5. The van der Waals surface area contributed by atoms with Crippen molar-refractivity contribution in [3.8, 4) is 34.5 Å². The lowest BCUT2D eigenvalue weighted by molar-refractivity contribution is 0.174. The molecule has 388 valence electrons. The molecule has 2 N–H and O–H groups in total. The summed E-state index contributed by atoms with van der Waals surface area (Å²) < 4.78 is 56.7. The summed E-state index contributed by atoms with van der Waals surface area (Å²) in [6.45, 7) is 3.22. The molecule has 4 aromatic carbocycles. The van der Waals surface area contributed by atoms with Gasteiger partial charge >= 0.3 is 0 Å². The van der Waals surface area contributed by atoms with Crippen LogP contribution in [0.5, 0.6) is 34.5 Å². The minimum atomic E-state index is -3.34. The Labute approximate surface area is 451 Å². The lowest BCUT2D eigenvalue weighted by Crippen LogP contribution is -2.29. The highest BCUT2D eigenvalue weighted by Crippen LogP contribution is 2.49. The third-order valence-electron chi connectivity index (χ3n) is 10.7. The maximum atomic E-state index is 11.9. The summed E-state index contributed by atoms with van der Waals surface area (Å²) in [6.07, 6.45) is 5.95. The highest BCUT2D eigenvalue weighted by Gasteiger charge is 2.29. The number of hydrogen-bond donors (Lipinski definition) is 2. The Bertz CT molecular complexity index is 3240. The molecular formula is C48H47Cl5N12O8S. The van der Waals surface area contributed by atoms with Crippen LogP contribution in [0.4, 0.5) is 46.2 Å². The number of sulfone groups is 1. The first-order valence-corrected chi connectivity index (χ1v) is 26.0. The average Bonchev–Trinajstić information content (AvgIpc) is 4.17. The lowest BCUT2D eigenvalue weighted by Gasteiger charge is -2.27. The van der Waals surface area contributed by atoms with Crippen molar-refractivity contribution in [3.05, 3.63) is 123 Å². The third-order valence-corrected chi connectivity index (χ3v) is 13.1. The first-order valence-electron chi connectivity index (χ1n) is 22.3. The van der Waals surface area contributed by atoms with Crippen LogP contribution in [0.1, 0.15) is 0 Å². The second kappa shape index (κ2) is 24.2. The van der Waals surface area contributed by atoms with Gasteiger partial charge < -0.3 is 58.7 Å². The van der Waals surface area contributed by atoms with Gasteiger partial charge in [-0.2, -0.15) is 4.98 Å². The number of fused-ring (bicyclic) bond motifs is 3. The van der Waals surface area contributed by atoms with E-state index in [9.17, 15) is 8.42 Å². The average molecular weight is 1130 g/mol. The van der Waals surface area contributed by atoms with Crippen LogP contribution in [0, 0.1) is 0 Å². The largest absolute Gasteiger partial charge is 0.454 e. The van der Waals surface area contributed by atoms with Gasteiger partial charge in [-0.1, -0.05) is 40.9 Å². The molecule has 10 rings (SSSR count). The molecular weight excluding hydrogens is 1080 g/mol. The first kappa shape index (κ1) is 53.7. The van der Waals surface area contributed by atoms with Gasteiger partial charge in [-0.3, -0.25) is 0 Å². The molecule has 20 nitrogen and oxygen atoms in total. The maximum absolute atomic E-state index is 11.9. The minimum Gasteiger partial charge on any atom is -0.454 e. The summed E-state index contributed by atoms with van der Waals surface area (Å²) in [5, 5.41) is 8.03. The molecule has 0 radical (unpaired) electrons. The summed E-state index contributed by atoms with van der Waals surface area (Å²) in [4.78, 5) is 33.3. The Morgan fingerprint density at radius 3 is 1.58 bits per heavy atom. The Morgan fingerprint density at radius 2 is 1.04 bits per heavy atom. The van der Waals surface area contributed by atoms with E-state index < -0.39 is 9.84 Å². The highest BCUT2D eigenvalue weighted by atomic mass is 35.5. The van der Waals surface area contributed by atoms with Crippen LogP contribution < -0.4 is 48.9 Å². The van der Waals surface area contributed by atoms with Crippen molar-refractivity contribution < 1.29 is 36.8 Å². The smallest absolute Gasteiger partial charge is 0.231 e. The number of rotatable bonds is 15. The summed E-state index contributed by atoms with van der Waals surface area (Å²) in [6, 6.07) is 22.3. The Kier molecular flexibility index (Phi) is 17.6. The van der Waals surface area contributed by atoms with Gasteiger partial charge in [-0.25, -0.2) is 33.3 Å². The van der Waals surface area contributed by atoms with E-state index >= 15 is 0 Å². The van der Waals surface area contributed by atoms with E-state index in [4.69, 9.17) is 86.4 Å². The van der Waals surface area contributed by atoms with Crippen LogP contribution in [0.3, 0.4) is 0 Å². The van der Waals surface area contributed by atoms with Gasteiger partial charge in [0.05, 0.1) is 20.0 Å². The number of hydrogen-bond acceptors (Lipinski definition) is 20. The number of aromatic nitrogens is 6. The molecule has 0 aliphatic carbocycles. The van der Waals surface area contributed by atoms with E-state index in [-0.39, 0.29) is 35.8 Å². The van der Waals surface area contributed by atoms with Crippen molar-refractivity contribution in [2.24, 2.45) is 0 Å².